The van der Waals surface area contributed by atoms with Gasteiger partial charge in [0.2, 0.25) is 17.7 Å². The molecule has 0 saturated carbocycles. The summed E-state index contributed by atoms with van der Waals surface area (Å²) in [7, 11) is 0. The van der Waals surface area contributed by atoms with Gasteiger partial charge in [0, 0.05) is 35.0 Å². The fourth-order valence-electron chi connectivity index (χ4n) is 3.69. The summed E-state index contributed by atoms with van der Waals surface area (Å²) in [6.45, 7) is 0.250. The molecule has 1 fully saturated rings. The van der Waals surface area contributed by atoms with Gasteiger partial charge in [-0.2, -0.15) is 0 Å². The molecule has 1 saturated heterocycles. The first kappa shape index (κ1) is 20.9. The summed E-state index contributed by atoms with van der Waals surface area (Å²) in [5, 5.41) is 17.5. The summed E-state index contributed by atoms with van der Waals surface area (Å²) >= 11 is 5.86. The lowest BCUT2D eigenvalue weighted by molar-refractivity contribution is -0.135. The average molecular weight is 441 g/mol. The van der Waals surface area contributed by atoms with Crippen LogP contribution >= 0.6 is 11.6 Å². The lowest BCUT2D eigenvalue weighted by Crippen LogP contribution is -2.41. The molecule has 0 spiro atoms. The topological polar surface area (TPSA) is 126 Å². The van der Waals surface area contributed by atoms with Crippen LogP contribution in [0.2, 0.25) is 5.02 Å². The summed E-state index contributed by atoms with van der Waals surface area (Å²) in [5.41, 5.74) is 7.48. The maximum Gasteiger partial charge on any atom is 0.249 e. The van der Waals surface area contributed by atoms with E-state index in [-0.39, 0.29) is 30.7 Å². The average Bonchev–Trinajstić information content (AvgIpc) is 3.07. The van der Waals surface area contributed by atoms with Crippen molar-refractivity contribution in [1.82, 2.24) is 15.2 Å². The predicted octanol–water partition coefficient (Wildman–Crippen LogP) is 2.29. The summed E-state index contributed by atoms with van der Waals surface area (Å²) in [4.78, 5) is 35.9. The highest BCUT2D eigenvalue weighted by atomic mass is 35.5. The van der Waals surface area contributed by atoms with Crippen LogP contribution < -0.4 is 16.4 Å². The first-order valence-corrected chi connectivity index (χ1v) is 10.2. The summed E-state index contributed by atoms with van der Waals surface area (Å²) < 4.78 is 1.48. The third-order valence-corrected chi connectivity index (χ3v) is 5.66. The molecule has 8 nitrogen and oxygen atoms in total. The molecule has 0 radical (unpaired) electrons. The molecule has 0 aliphatic carbocycles. The third-order valence-electron chi connectivity index (χ3n) is 5.40. The van der Waals surface area contributed by atoms with Crippen LogP contribution in [0.4, 0.5) is 0 Å². The number of nitrogens with two attached hydrogens (primary N) is 1. The molecule has 31 heavy (non-hydrogen) atoms. The van der Waals surface area contributed by atoms with Gasteiger partial charge in [-0.05, 0) is 41.8 Å². The van der Waals surface area contributed by atoms with Crippen LogP contribution in [-0.4, -0.2) is 27.4 Å². The van der Waals surface area contributed by atoms with E-state index in [1.54, 1.807) is 42.6 Å². The van der Waals surface area contributed by atoms with Crippen molar-refractivity contribution in [2.24, 2.45) is 5.73 Å². The molecule has 2 atom stereocenters. The Morgan fingerprint density at radius 2 is 2.00 bits per heavy atom. The fourth-order valence-corrected chi connectivity index (χ4v) is 3.81. The van der Waals surface area contributed by atoms with Crippen LogP contribution in [0, 0.1) is 0 Å². The number of benzene rings is 2. The van der Waals surface area contributed by atoms with E-state index in [1.165, 1.54) is 4.57 Å². The van der Waals surface area contributed by atoms with E-state index in [2.05, 4.69) is 10.6 Å². The smallest absolute Gasteiger partial charge is 0.249 e. The molecule has 0 bridgehead atoms. The first-order chi connectivity index (χ1) is 14.8. The number of fused-ring (bicyclic) bond motifs is 1. The van der Waals surface area contributed by atoms with E-state index in [9.17, 15) is 19.5 Å². The van der Waals surface area contributed by atoms with Crippen molar-refractivity contribution in [3.63, 3.8) is 0 Å². The molecule has 2 unspecified atom stereocenters. The zero-order valence-corrected chi connectivity index (χ0v) is 17.2. The standard InChI is InChI=1S/C22H21ClN4O4/c23-15-4-2-13(3-5-15)19(24)21(30)25-10-12-1-6-16-14(9-12)11-27(22(16)31)17-7-8-18(28)26-20(17)29/h1-6,9,11,17,19,31H,7-8,10,24H2,(H,25,30)(H,26,28,29). The van der Waals surface area contributed by atoms with Gasteiger partial charge in [0.15, 0.2) is 5.88 Å². The number of nitrogens with zero attached hydrogens (tertiary/aromatic N) is 1. The van der Waals surface area contributed by atoms with Crippen LogP contribution in [-0.2, 0) is 20.9 Å². The molecule has 1 aliphatic rings. The van der Waals surface area contributed by atoms with Crippen molar-refractivity contribution in [1.29, 1.82) is 0 Å². The Bertz CT molecular complexity index is 1170. The van der Waals surface area contributed by atoms with Gasteiger partial charge in [-0.15, -0.1) is 0 Å². The molecule has 160 valence electrons. The number of amides is 3. The number of hydrogen-bond donors (Lipinski definition) is 4. The maximum absolute atomic E-state index is 12.4. The van der Waals surface area contributed by atoms with E-state index in [0.29, 0.717) is 22.4 Å². The Kier molecular flexibility index (Phi) is 5.67. The van der Waals surface area contributed by atoms with Crippen molar-refractivity contribution in [3.05, 3.63) is 64.8 Å². The van der Waals surface area contributed by atoms with E-state index in [1.807, 2.05) is 6.07 Å². The van der Waals surface area contributed by atoms with Crippen LogP contribution in [0.5, 0.6) is 5.88 Å². The van der Waals surface area contributed by atoms with Gasteiger partial charge in [0.05, 0.1) is 0 Å². The number of halogens is 1. The Morgan fingerprint density at radius 1 is 1.26 bits per heavy atom. The number of aromatic hydroxyl groups is 1. The number of hydrogen-bond acceptors (Lipinski definition) is 5. The third kappa shape index (κ3) is 4.26. The minimum Gasteiger partial charge on any atom is -0.494 e. The molecular formula is C22H21ClN4O4. The van der Waals surface area contributed by atoms with Gasteiger partial charge >= 0.3 is 0 Å². The fraction of sp³-hybridized carbons (Fsp3) is 0.227. The van der Waals surface area contributed by atoms with Gasteiger partial charge in [-0.3, -0.25) is 19.7 Å². The predicted molar refractivity (Wildman–Crippen MR) is 115 cm³/mol. The summed E-state index contributed by atoms with van der Waals surface area (Å²) in [6.07, 6.45) is 2.22. The van der Waals surface area contributed by atoms with Crippen molar-refractivity contribution >= 4 is 40.1 Å². The van der Waals surface area contributed by atoms with E-state index < -0.39 is 18.0 Å². The molecule has 1 aliphatic heterocycles. The zero-order valence-electron chi connectivity index (χ0n) is 16.5. The van der Waals surface area contributed by atoms with Crippen molar-refractivity contribution in [2.75, 3.05) is 0 Å². The highest BCUT2D eigenvalue weighted by molar-refractivity contribution is 6.30. The van der Waals surface area contributed by atoms with Crippen molar-refractivity contribution < 1.29 is 19.5 Å². The Hall–Kier alpha value is -3.36. The zero-order chi connectivity index (χ0) is 22.1. The molecule has 5 N–H and O–H groups in total. The van der Waals surface area contributed by atoms with Crippen molar-refractivity contribution in [2.45, 2.75) is 31.5 Å². The quantitative estimate of drug-likeness (QED) is 0.453. The highest BCUT2D eigenvalue weighted by Crippen LogP contribution is 2.33. The molecule has 2 heterocycles. The molecule has 3 aromatic rings. The van der Waals surface area contributed by atoms with Gasteiger partial charge in [-0.1, -0.05) is 29.8 Å². The summed E-state index contributed by atoms with van der Waals surface area (Å²) in [6, 6.07) is 10.6. The SMILES string of the molecule is NC(C(=O)NCc1ccc2c(O)n(C3CCC(=O)NC3=O)cc2c1)c1ccc(Cl)cc1. The Morgan fingerprint density at radius 3 is 2.71 bits per heavy atom. The lowest BCUT2D eigenvalue weighted by Gasteiger charge is -2.22. The van der Waals surface area contributed by atoms with Crippen molar-refractivity contribution in [3.8, 4) is 5.88 Å². The molecular weight excluding hydrogens is 420 g/mol. The van der Waals surface area contributed by atoms with Gasteiger partial charge in [0.1, 0.15) is 12.1 Å². The van der Waals surface area contributed by atoms with Crippen LogP contribution in [0.3, 0.4) is 0 Å². The van der Waals surface area contributed by atoms with Gasteiger partial charge < -0.3 is 20.7 Å². The number of piperidine rings is 1. The highest BCUT2D eigenvalue weighted by Gasteiger charge is 2.30. The second kappa shape index (κ2) is 8.41. The Labute approximate surface area is 183 Å². The van der Waals surface area contributed by atoms with Crippen LogP contribution in [0.1, 0.15) is 36.1 Å². The number of imide groups is 1. The lowest BCUT2D eigenvalue weighted by atomic mass is 10.1. The first-order valence-electron chi connectivity index (χ1n) is 9.78. The molecule has 3 amide bonds. The van der Waals surface area contributed by atoms with E-state index in [0.717, 1.165) is 10.9 Å². The minimum atomic E-state index is -0.821. The molecule has 2 aromatic carbocycles. The molecule has 1 aromatic heterocycles. The number of carbonyl (C=O) groups is 3. The van der Waals surface area contributed by atoms with Gasteiger partial charge in [0.25, 0.3) is 0 Å². The normalized spacial score (nSPS) is 17.4. The van der Waals surface area contributed by atoms with Gasteiger partial charge in [-0.25, -0.2) is 0 Å². The largest absolute Gasteiger partial charge is 0.494 e. The second-order valence-corrected chi connectivity index (χ2v) is 7.93. The van der Waals surface area contributed by atoms with E-state index in [4.69, 9.17) is 17.3 Å². The van der Waals surface area contributed by atoms with Crippen LogP contribution in [0.25, 0.3) is 10.8 Å². The number of rotatable bonds is 5. The van der Waals surface area contributed by atoms with E-state index >= 15 is 0 Å². The Balaban J connectivity index is 1.48. The maximum atomic E-state index is 12.4. The monoisotopic (exact) mass is 440 g/mol. The molecule has 4 rings (SSSR count). The minimum absolute atomic E-state index is 0.0372. The summed E-state index contributed by atoms with van der Waals surface area (Å²) in [5.74, 6) is -1.11. The number of aromatic nitrogens is 1. The molecule has 9 heteroatoms. The number of carbonyl (C=O) groups excluding carboxylic acids is 3. The second-order valence-electron chi connectivity index (χ2n) is 7.50. The number of nitrogens with one attached hydrogen (secondary N) is 2. The van der Waals surface area contributed by atoms with Crippen LogP contribution in [0.15, 0.2) is 48.7 Å².